The van der Waals surface area contributed by atoms with Crippen LogP contribution in [0.2, 0.25) is 0 Å². The molecular formula is C16H20N2O3. The monoisotopic (exact) mass is 288 g/mol. The molecular weight excluding hydrogens is 268 g/mol. The number of ether oxygens (including phenoxy) is 1. The fourth-order valence-electron chi connectivity index (χ4n) is 2.48. The highest BCUT2D eigenvalue weighted by molar-refractivity contribution is 5.71. The van der Waals surface area contributed by atoms with Gasteiger partial charge in [-0.15, -0.1) is 0 Å². The third-order valence-corrected chi connectivity index (χ3v) is 3.66. The minimum absolute atomic E-state index is 0.0135. The summed E-state index contributed by atoms with van der Waals surface area (Å²) in [6, 6.07) is 8.07. The van der Waals surface area contributed by atoms with Crippen molar-refractivity contribution in [1.29, 1.82) is 0 Å². The molecule has 0 aliphatic heterocycles. The molecule has 1 N–H and O–H groups in total. The normalized spacial score (nSPS) is 12.4. The summed E-state index contributed by atoms with van der Waals surface area (Å²) in [6.07, 6.45) is 0.0135. The summed E-state index contributed by atoms with van der Waals surface area (Å²) in [5.41, 5.74) is 4.79. The molecule has 0 spiro atoms. The van der Waals surface area contributed by atoms with Crippen LogP contribution in [0.5, 0.6) is 0 Å². The predicted molar refractivity (Wildman–Crippen MR) is 80.2 cm³/mol. The summed E-state index contributed by atoms with van der Waals surface area (Å²) >= 11 is 0. The Morgan fingerprint density at radius 1 is 1.43 bits per heavy atom. The largest absolute Gasteiger partial charge is 0.480 e. The summed E-state index contributed by atoms with van der Waals surface area (Å²) in [6.45, 7) is 5.66. The molecule has 0 radical (unpaired) electrons. The van der Waals surface area contributed by atoms with Crippen molar-refractivity contribution in [1.82, 2.24) is 9.78 Å². The number of benzene rings is 1. The molecule has 0 aliphatic rings. The van der Waals surface area contributed by atoms with Gasteiger partial charge in [0.15, 0.2) is 0 Å². The molecule has 5 nitrogen and oxygen atoms in total. The molecule has 0 fully saturated rings. The molecule has 0 amide bonds. The minimum atomic E-state index is -0.895. The lowest BCUT2D eigenvalue weighted by Gasteiger charge is -2.11. The van der Waals surface area contributed by atoms with Gasteiger partial charge in [-0.3, -0.25) is 9.48 Å². The Morgan fingerprint density at radius 3 is 2.76 bits per heavy atom. The molecule has 1 atom stereocenters. The molecule has 21 heavy (non-hydrogen) atoms. The summed E-state index contributed by atoms with van der Waals surface area (Å²) in [7, 11) is 1.68. The van der Waals surface area contributed by atoms with Crippen LogP contribution < -0.4 is 0 Å². The lowest BCUT2D eigenvalue weighted by molar-refractivity contribution is -0.137. The van der Waals surface area contributed by atoms with Crippen molar-refractivity contribution in [2.24, 2.45) is 0 Å². The minimum Gasteiger partial charge on any atom is -0.480 e. The van der Waals surface area contributed by atoms with E-state index in [4.69, 9.17) is 9.84 Å². The van der Waals surface area contributed by atoms with Gasteiger partial charge in [-0.1, -0.05) is 18.2 Å². The van der Waals surface area contributed by atoms with Crippen molar-refractivity contribution in [3.8, 4) is 11.1 Å². The second-order valence-electron chi connectivity index (χ2n) is 5.10. The molecule has 0 unspecified atom stereocenters. The van der Waals surface area contributed by atoms with Crippen LogP contribution in [-0.2, 0) is 16.1 Å². The number of methoxy groups -OCH3 is 1. The van der Waals surface area contributed by atoms with E-state index in [0.717, 1.165) is 28.1 Å². The summed E-state index contributed by atoms with van der Waals surface area (Å²) in [5.74, 6) is -0.895. The Morgan fingerprint density at radius 2 is 2.14 bits per heavy atom. The highest BCUT2D eigenvalue weighted by Crippen LogP contribution is 2.29. The van der Waals surface area contributed by atoms with Gasteiger partial charge in [0.1, 0.15) is 6.54 Å². The number of aromatic nitrogens is 2. The topological polar surface area (TPSA) is 64.4 Å². The molecule has 2 aromatic rings. The average molecular weight is 288 g/mol. The van der Waals surface area contributed by atoms with Crippen molar-refractivity contribution in [2.45, 2.75) is 33.4 Å². The van der Waals surface area contributed by atoms with E-state index in [1.165, 1.54) is 4.68 Å². The zero-order chi connectivity index (χ0) is 15.6. The van der Waals surface area contributed by atoms with Crippen molar-refractivity contribution < 1.29 is 14.6 Å². The van der Waals surface area contributed by atoms with Gasteiger partial charge in [-0.25, -0.2) is 0 Å². The summed E-state index contributed by atoms with van der Waals surface area (Å²) in [5, 5.41) is 13.3. The summed E-state index contributed by atoms with van der Waals surface area (Å²) in [4.78, 5) is 10.9. The molecule has 0 aliphatic carbocycles. The van der Waals surface area contributed by atoms with Gasteiger partial charge >= 0.3 is 5.97 Å². The van der Waals surface area contributed by atoms with Crippen molar-refractivity contribution in [3.05, 3.63) is 41.2 Å². The molecule has 1 aromatic heterocycles. The third kappa shape index (κ3) is 3.13. The second-order valence-corrected chi connectivity index (χ2v) is 5.10. The number of hydrogen-bond acceptors (Lipinski definition) is 3. The predicted octanol–water partition coefficient (Wildman–Crippen LogP) is 2.96. The van der Waals surface area contributed by atoms with Gasteiger partial charge in [0.2, 0.25) is 0 Å². The lowest BCUT2D eigenvalue weighted by Crippen LogP contribution is -2.11. The number of nitrogens with zero attached hydrogens (tertiary/aromatic N) is 2. The first-order valence-electron chi connectivity index (χ1n) is 6.83. The molecule has 0 saturated carbocycles. The van der Waals surface area contributed by atoms with E-state index >= 15 is 0 Å². The molecule has 112 valence electrons. The van der Waals surface area contributed by atoms with E-state index in [1.54, 1.807) is 7.11 Å². The Labute approximate surface area is 124 Å². The fraction of sp³-hybridized carbons (Fsp3) is 0.375. The fourth-order valence-corrected chi connectivity index (χ4v) is 2.48. The first-order valence-corrected chi connectivity index (χ1v) is 6.83. The second kappa shape index (κ2) is 6.10. The van der Waals surface area contributed by atoms with Crippen molar-refractivity contribution in [2.75, 3.05) is 7.11 Å². The Hall–Kier alpha value is -2.14. The van der Waals surface area contributed by atoms with E-state index in [-0.39, 0.29) is 12.6 Å². The molecule has 0 bridgehead atoms. The van der Waals surface area contributed by atoms with Crippen molar-refractivity contribution in [3.63, 3.8) is 0 Å². The van der Waals surface area contributed by atoms with Gasteiger partial charge in [0.25, 0.3) is 0 Å². The van der Waals surface area contributed by atoms with Gasteiger partial charge in [-0.2, -0.15) is 5.10 Å². The zero-order valence-corrected chi connectivity index (χ0v) is 12.8. The third-order valence-electron chi connectivity index (χ3n) is 3.66. The van der Waals surface area contributed by atoms with Crippen LogP contribution in [0.1, 0.15) is 30.0 Å². The van der Waals surface area contributed by atoms with Gasteiger partial charge < -0.3 is 9.84 Å². The first kappa shape index (κ1) is 15.3. The zero-order valence-electron chi connectivity index (χ0n) is 12.8. The number of carboxylic acid groups (broad SMARTS) is 1. The van der Waals surface area contributed by atoms with Gasteiger partial charge in [-0.05, 0) is 38.0 Å². The standard InChI is InChI=1S/C16H20N2O3/c1-10-16(11(2)18(17-10)9-15(19)20)14-7-5-6-13(8-14)12(3)21-4/h5-8,12H,9H2,1-4H3,(H,19,20)/t12-/m1/s1. The Kier molecular flexibility index (Phi) is 4.43. The van der Waals surface area contributed by atoms with Crippen LogP contribution >= 0.6 is 0 Å². The number of aryl methyl sites for hydroxylation is 1. The van der Waals surface area contributed by atoms with Crippen LogP contribution in [0.25, 0.3) is 11.1 Å². The van der Waals surface area contributed by atoms with Crippen LogP contribution in [-0.4, -0.2) is 28.0 Å². The molecule has 1 aromatic carbocycles. The highest BCUT2D eigenvalue weighted by atomic mass is 16.5. The highest BCUT2D eigenvalue weighted by Gasteiger charge is 2.16. The summed E-state index contributed by atoms with van der Waals surface area (Å²) < 4.78 is 6.87. The quantitative estimate of drug-likeness (QED) is 0.918. The molecule has 0 saturated heterocycles. The van der Waals surface area contributed by atoms with Crippen LogP contribution in [0, 0.1) is 13.8 Å². The van der Waals surface area contributed by atoms with Gasteiger partial charge in [0, 0.05) is 18.4 Å². The Balaban J connectivity index is 2.47. The molecule has 1 heterocycles. The van der Waals surface area contributed by atoms with E-state index in [0.29, 0.717) is 0 Å². The lowest BCUT2D eigenvalue weighted by atomic mass is 10.00. The maximum atomic E-state index is 10.9. The van der Waals surface area contributed by atoms with E-state index in [9.17, 15) is 4.79 Å². The number of carboxylic acids is 1. The van der Waals surface area contributed by atoms with E-state index < -0.39 is 5.97 Å². The Bertz CT molecular complexity index is 662. The van der Waals surface area contributed by atoms with Crippen LogP contribution in [0.15, 0.2) is 24.3 Å². The maximum absolute atomic E-state index is 10.9. The smallest absolute Gasteiger partial charge is 0.325 e. The van der Waals surface area contributed by atoms with E-state index in [1.807, 2.05) is 39.0 Å². The van der Waals surface area contributed by atoms with Crippen LogP contribution in [0.4, 0.5) is 0 Å². The van der Waals surface area contributed by atoms with E-state index in [2.05, 4.69) is 11.2 Å². The maximum Gasteiger partial charge on any atom is 0.325 e. The SMILES string of the molecule is CO[C@H](C)c1cccc(-c2c(C)nn(CC(=O)O)c2C)c1. The first-order chi connectivity index (χ1) is 9.93. The van der Waals surface area contributed by atoms with Crippen LogP contribution in [0.3, 0.4) is 0 Å². The number of hydrogen-bond donors (Lipinski definition) is 1. The molecule has 2 rings (SSSR count). The average Bonchev–Trinajstić information content (AvgIpc) is 2.72. The number of aliphatic carboxylic acids is 1. The van der Waals surface area contributed by atoms with Gasteiger partial charge in [0.05, 0.1) is 11.8 Å². The number of carbonyl (C=O) groups is 1. The van der Waals surface area contributed by atoms with Crippen molar-refractivity contribution >= 4 is 5.97 Å². The number of rotatable bonds is 5. The molecule has 5 heteroatoms.